The van der Waals surface area contributed by atoms with Crippen LogP contribution in [0, 0.1) is 11.7 Å². The minimum atomic E-state index is -0.669. The molecule has 2 unspecified atom stereocenters. The summed E-state index contributed by atoms with van der Waals surface area (Å²) >= 11 is 0. The van der Waals surface area contributed by atoms with E-state index in [2.05, 4.69) is 5.32 Å². The molecule has 2 atom stereocenters. The van der Waals surface area contributed by atoms with E-state index in [9.17, 15) is 9.18 Å². The first-order valence-corrected chi connectivity index (χ1v) is 6.22. The van der Waals surface area contributed by atoms with Gasteiger partial charge in [0.05, 0.1) is 17.9 Å². The average Bonchev–Trinajstić information content (AvgIpc) is 2.85. The van der Waals surface area contributed by atoms with Crippen LogP contribution >= 0.6 is 0 Å². The van der Waals surface area contributed by atoms with Crippen LogP contribution in [0.4, 0.5) is 15.8 Å². The number of nitrogens with one attached hydrogen (secondary N) is 1. The van der Waals surface area contributed by atoms with Crippen LogP contribution in [-0.2, 0) is 4.74 Å². The van der Waals surface area contributed by atoms with E-state index in [4.69, 9.17) is 16.2 Å². The fourth-order valence-corrected chi connectivity index (χ4v) is 2.22. The maximum absolute atomic E-state index is 13.8. The number of carbonyl (C=O) groups excluding carboxylic acids is 1. The number of rotatable bonds is 4. The Morgan fingerprint density at radius 1 is 1.58 bits per heavy atom. The van der Waals surface area contributed by atoms with Crippen molar-refractivity contribution in [3.8, 4) is 0 Å². The number of benzene rings is 1. The number of nitrogen functional groups attached to an aromatic ring is 1. The first-order valence-electron chi connectivity index (χ1n) is 6.22. The fourth-order valence-electron chi connectivity index (χ4n) is 2.22. The number of carbonyl (C=O) groups is 1. The van der Waals surface area contributed by atoms with Crippen molar-refractivity contribution in [3.63, 3.8) is 0 Å². The minimum absolute atomic E-state index is 0.0429. The molecule has 1 heterocycles. The third-order valence-electron chi connectivity index (χ3n) is 3.46. The molecule has 1 saturated heterocycles. The summed E-state index contributed by atoms with van der Waals surface area (Å²) in [7, 11) is 0. The normalized spacial score (nSPS) is 20.2. The van der Waals surface area contributed by atoms with Gasteiger partial charge in [-0.2, -0.15) is 0 Å². The van der Waals surface area contributed by atoms with Gasteiger partial charge in [0.15, 0.2) is 0 Å². The van der Waals surface area contributed by atoms with Crippen LogP contribution in [0.25, 0.3) is 0 Å². The molecule has 1 amide bonds. The van der Waals surface area contributed by atoms with E-state index >= 15 is 0 Å². The summed E-state index contributed by atoms with van der Waals surface area (Å²) < 4.78 is 19.1. The second-order valence-corrected chi connectivity index (χ2v) is 4.84. The van der Waals surface area contributed by atoms with Crippen molar-refractivity contribution in [1.29, 1.82) is 0 Å². The molecule has 1 aromatic carbocycles. The molecule has 0 aromatic heterocycles. The lowest BCUT2D eigenvalue weighted by Gasteiger charge is -2.21. The molecular weight excluding hydrogens is 249 g/mol. The molecule has 2 rings (SSSR count). The Hall–Kier alpha value is -1.82. The van der Waals surface area contributed by atoms with E-state index in [1.807, 2.05) is 6.92 Å². The predicted molar refractivity (Wildman–Crippen MR) is 71.3 cm³/mol. The smallest absolute Gasteiger partial charge is 0.250 e. The van der Waals surface area contributed by atoms with E-state index in [0.717, 1.165) is 19.1 Å². The molecule has 1 aliphatic heterocycles. The molecule has 104 valence electrons. The number of ether oxygens (including phenoxy) is 1. The molecule has 1 aromatic rings. The van der Waals surface area contributed by atoms with Crippen molar-refractivity contribution in [3.05, 3.63) is 23.5 Å². The first-order chi connectivity index (χ1) is 8.99. The number of hydrogen-bond donors (Lipinski definition) is 3. The lowest BCUT2D eigenvalue weighted by atomic mass is 10.00. The van der Waals surface area contributed by atoms with E-state index < -0.39 is 11.7 Å². The quantitative estimate of drug-likeness (QED) is 0.718. The summed E-state index contributed by atoms with van der Waals surface area (Å²) in [5, 5.41) is 3.06. The van der Waals surface area contributed by atoms with Crippen LogP contribution in [0.2, 0.25) is 0 Å². The van der Waals surface area contributed by atoms with Crippen molar-refractivity contribution < 1.29 is 13.9 Å². The Balaban J connectivity index is 2.19. The summed E-state index contributed by atoms with van der Waals surface area (Å²) in [6.45, 7) is 3.35. The van der Waals surface area contributed by atoms with Crippen LogP contribution in [0.1, 0.15) is 23.7 Å². The highest BCUT2D eigenvalue weighted by Gasteiger charge is 2.23. The molecule has 5 nitrogen and oxygen atoms in total. The summed E-state index contributed by atoms with van der Waals surface area (Å²) in [6.07, 6.45) is 0.938. The van der Waals surface area contributed by atoms with Crippen molar-refractivity contribution >= 4 is 17.3 Å². The molecule has 0 bridgehead atoms. The van der Waals surface area contributed by atoms with Gasteiger partial charge >= 0.3 is 0 Å². The average molecular weight is 267 g/mol. The van der Waals surface area contributed by atoms with Crippen LogP contribution in [0.5, 0.6) is 0 Å². The van der Waals surface area contributed by atoms with Crippen LogP contribution in [-0.4, -0.2) is 25.2 Å². The zero-order valence-electron chi connectivity index (χ0n) is 10.8. The van der Waals surface area contributed by atoms with Crippen molar-refractivity contribution in [2.45, 2.75) is 19.4 Å². The van der Waals surface area contributed by atoms with E-state index in [-0.39, 0.29) is 23.0 Å². The standard InChI is InChI=1S/C13H18FN3O2/c1-7(8-2-3-19-6-8)17-12-4-9(13(16)18)11(15)5-10(12)14/h4-5,7-8,17H,2-3,6,15H2,1H3,(H2,16,18). The monoisotopic (exact) mass is 267 g/mol. The maximum atomic E-state index is 13.8. The van der Waals surface area contributed by atoms with Gasteiger partial charge in [0.1, 0.15) is 5.82 Å². The molecule has 19 heavy (non-hydrogen) atoms. The molecule has 0 spiro atoms. The fraction of sp³-hybridized carbons (Fsp3) is 0.462. The maximum Gasteiger partial charge on any atom is 0.250 e. The molecule has 5 N–H and O–H groups in total. The summed E-state index contributed by atoms with van der Waals surface area (Å²) in [4.78, 5) is 11.2. The van der Waals surface area contributed by atoms with Gasteiger partial charge < -0.3 is 21.5 Å². The Kier molecular flexibility index (Phi) is 3.90. The molecular formula is C13H18FN3O2. The second kappa shape index (κ2) is 5.44. The topological polar surface area (TPSA) is 90.4 Å². The van der Waals surface area contributed by atoms with Crippen molar-refractivity contribution in [1.82, 2.24) is 0 Å². The Labute approximate surface area is 111 Å². The van der Waals surface area contributed by atoms with Gasteiger partial charge in [-0.1, -0.05) is 0 Å². The number of amides is 1. The number of halogens is 1. The van der Waals surface area contributed by atoms with Crippen LogP contribution in [0.3, 0.4) is 0 Å². The third kappa shape index (κ3) is 2.96. The van der Waals surface area contributed by atoms with E-state index in [1.165, 1.54) is 6.07 Å². The number of hydrogen-bond acceptors (Lipinski definition) is 4. The minimum Gasteiger partial charge on any atom is -0.398 e. The largest absolute Gasteiger partial charge is 0.398 e. The van der Waals surface area contributed by atoms with Gasteiger partial charge in [-0.3, -0.25) is 4.79 Å². The summed E-state index contributed by atoms with van der Waals surface area (Å²) in [5.41, 5.74) is 11.2. The molecule has 0 aliphatic carbocycles. The number of anilines is 2. The van der Waals surface area contributed by atoms with E-state index in [0.29, 0.717) is 12.5 Å². The Bertz CT molecular complexity index is 487. The van der Waals surface area contributed by atoms with Gasteiger partial charge in [-0.05, 0) is 25.5 Å². The van der Waals surface area contributed by atoms with E-state index in [1.54, 1.807) is 0 Å². The van der Waals surface area contributed by atoms with Crippen molar-refractivity contribution in [2.75, 3.05) is 24.3 Å². The summed E-state index contributed by atoms with van der Waals surface area (Å²) in [5.74, 6) is -0.834. The lowest BCUT2D eigenvalue weighted by Crippen LogP contribution is -2.27. The van der Waals surface area contributed by atoms with Gasteiger partial charge in [0, 0.05) is 24.3 Å². The number of primary amides is 1. The zero-order valence-corrected chi connectivity index (χ0v) is 10.8. The molecule has 6 heteroatoms. The molecule has 0 saturated carbocycles. The highest BCUT2D eigenvalue weighted by molar-refractivity contribution is 5.99. The Morgan fingerprint density at radius 3 is 2.89 bits per heavy atom. The predicted octanol–water partition coefficient (Wildman–Crippen LogP) is 1.34. The zero-order chi connectivity index (χ0) is 14.0. The molecule has 1 fully saturated rings. The van der Waals surface area contributed by atoms with Gasteiger partial charge in [0.25, 0.3) is 5.91 Å². The SMILES string of the molecule is CC(Nc1cc(C(N)=O)c(N)cc1F)C1CCOC1. The van der Waals surface area contributed by atoms with Crippen LogP contribution < -0.4 is 16.8 Å². The second-order valence-electron chi connectivity index (χ2n) is 4.84. The molecule has 1 aliphatic rings. The Morgan fingerprint density at radius 2 is 2.32 bits per heavy atom. The highest BCUT2D eigenvalue weighted by atomic mass is 19.1. The third-order valence-corrected chi connectivity index (χ3v) is 3.46. The summed E-state index contributed by atoms with van der Waals surface area (Å²) in [6, 6.07) is 2.51. The first kappa shape index (κ1) is 13.6. The van der Waals surface area contributed by atoms with Crippen molar-refractivity contribution in [2.24, 2.45) is 11.7 Å². The van der Waals surface area contributed by atoms with Gasteiger partial charge in [-0.25, -0.2) is 4.39 Å². The lowest BCUT2D eigenvalue weighted by molar-refractivity contribution is 0.100. The molecule has 0 radical (unpaired) electrons. The highest BCUT2D eigenvalue weighted by Crippen LogP contribution is 2.25. The van der Waals surface area contributed by atoms with Gasteiger partial charge in [0.2, 0.25) is 0 Å². The number of nitrogens with two attached hydrogens (primary N) is 2. The van der Waals surface area contributed by atoms with Gasteiger partial charge in [-0.15, -0.1) is 0 Å². The van der Waals surface area contributed by atoms with Crippen LogP contribution in [0.15, 0.2) is 12.1 Å².